The molecule has 0 aliphatic rings. The first-order chi connectivity index (χ1) is 9.83. The molecule has 0 spiro atoms. The minimum atomic E-state index is -3.53. The normalized spacial score (nSPS) is 11.4. The quantitative estimate of drug-likeness (QED) is 0.851. The van der Waals surface area contributed by atoms with Gasteiger partial charge in [-0.15, -0.1) is 0 Å². The van der Waals surface area contributed by atoms with Crippen LogP contribution in [-0.4, -0.2) is 15.5 Å². The van der Waals surface area contributed by atoms with Crippen molar-refractivity contribution in [1.29, 1.82) is 0 Å². The van der Waals surface area contributed by atoms with Gasteiger partial charge in [-0.2, -0.15) is 0 Å². The fourth-order valence-corrected chi connectivity index (χ4v) is 2.67. The van der Waals surface area contributed by atoms with Gasteiger partial charge >= 0.3 is 0 Å². The van der Waals surface area contributed by atoms with Crippen LogP contribution in [0.5, 0.6) is 11.5 Å². The number of hydrogen-bond donors (Lipinski definition) is 2. The maximum absolute atomic E-state index is 11.8. The first-order valence-corrected chi connectivity index (χ1v) is 7.90. The van der Waals surface area contributed by atoms with E-state index in [1.807, 2.05) is 32.0 Å². The smallest absolute Gasteiger partial charge is 0.240 e. The third kappa shape index (κ3) is 3.34. The molecule has 0 saturated heterocycles. The van der Waals surface area contributed by atoms with E-state index in [4.69, 9.17) is 10.5 Å². The molecule has 0 radical (unpaired) electrons. The summed E-state index contributed by atoms with van der Waals surface area (Å²) in [7, 11) is -2.17. The van der Waals surface area contributed by atoms with Gasteiger partial charge in [-0.25, -0.2) is 13.1 Å². The van der Waals surface area contributed by atoms with Crippen molar-refractivity contribution >= 4 is 15.7 Å². The molecule has 0 unspecified atom stereocenters. The Labute approximate surface area is 124 Å². The summed E-state index contributed by atoms with van der Waals surface area (Å²) < 4.78 is 31.7. The van der Waals surface area contributed by atoms with Crippen molar-refractivity contribution < 1.29 is 13.2 Å². The molecule has 3 N–H and O–H groups in total. The summed E-state index contributed by atoms with van der Waals surface area (Å²) in [6, 6.07) is 10.1. The standard InChI is InChI=1S/C15H18N2O3S/c1-10-4-7-14(11(2)8-10)20-15-9-12(5-6-13(15)16)21(18,19)17-3/h4-9,17H,16H2,1-3H3. The third-order valence-corrected chi connectivity index (χ3v) is 4.53. The number of rotatable bonds is 4. The molecule has 0 aromatic heterocycles. The summed E-state index contributed by atoms with van der Waals surface area (Å²) in [5.74, 6) is 0.963. The number of aryl methyl sites for hydroxylation is 2. The largest absolute Gasteiger partial charge is 0.455 e. The Hall–Kier alpha value is -2.05. The van der Waals surface area contributed by atoms with E-state index < -0.39 is 10.0 Å². The lowest BCUT2D eigenvalue weighted by atomic mass is 10.1. The summed E-state index contributed by atoms with van der Waals surface area (Å²) in [6.45, 7) is 3.91. The van der Waals surface area contributed by atoms with E-state index in [0.717, 1.165) is 11.1 Å². The van der Waals surface area contributed by atoms with Gasteiger partial charge in [0.25, 0.3) is 0 Å². The zero-order valence-electron chi connectivity index (χ0n) is 12.2. The number of benzene rings is 2. The lowest BCUT2D eigenvalue weighted by molar-refractivity contribution is 0.479. The van der Waals surface area contributed by atoms with Crippen LogP contribution in [0.25, 0.3) is 0 Å². The Kier molecular flexibility index (Phi) is 4.20. The van der Waals surface area contributed by atoms with Gasteiger partial charge in [0, 0.05) is 6.07 Å². The zero-order chi connectivity index (χ0) is 15.6. The lowest BCUT2D eigenvalue weighted by Crippen LogP contribution is -2.18. The van der Waals surface area contributed by atoms with Crippen molar-refractivity contribution in [2.24, 2.45) is 0 Å². The van der Waals surface area contributed by atoms with E-state index in [2.05, 4.69) is 4.72 Å². The molecule has 0 aliphatic carbocycles. The zero-order valence-corrected chi connectivity index (χ0v) is 13.0. The van der Waals surface area contributed by atoms with Crippen LogP contribution >= 0.6 is 0 Å². The molecule has 0 saturated carbocycles. The molecule has 5 nitrogen and oxygen atoms in total. The number of anilines is 1. The van der Waals surface area contributed by atoms with E-state index in [9.17, 15) is 8.42 Å². The van der Waals surface area contributed by atoms with Gasteiger partial charge in [0.2, 0.25) is 10.0 Å². The highest BCUT2D eigenvalue weighted by molar-refractivity contribution is 7.89. The average molecular weight is 306 g/mol. The predicted molar refractivity (Wildman–Crippen MR) is 83.1 cm³/mol. The second kappa shape index (κ2) is 5.75. The Bertz CT molecular complexity index is 770. The summed E-state index contributed by atoms with van der Waals surface area (Å²) >= 11 is 0. The van der Waals surface area contributed by atoms with Crippen LogP contribution in [0, 0.1) is 13.8 Å². The third-order valence-electron chi connectivity index (χ3n) is 3.11. The molecule has 0 atom stereocenters. The van der Waals surface area contributed by atoms with Crippen molar-refractivity contribution in [1.82, 2.24) is 4.72 Å². The van der Waals surface area contributed by atoms with E-state index in [-0.39, 0.29) is 4.90 Å². The van der Waals surface area contributed by atoms with Crippen molar-refractivity contribution in [2.75, 3.05) is 12.8 Å². The van der Waals surface area contributed by atoms with Crippen molar-refractivity contribution in [3.8, 4) is 11.5 Å². The van der Waals surface area contributed by atoms with Crippen LogP contribution in [0.4, 0.5) is 5.69 Å². The highest BCUT2D eigenvalue weighted by Gasteiger charge is 2.14. The van der Waals surface area contributed by atoms with E-state index in [0.29, 0.717) is 17.2 Å². The first kappa shape index (κ1) is 15.3. The Morgan fingerprint density at radius 2 is 1.76 bits per heavy atom. The van der Waals surface area contributed by atoms with Gasteiger partial charge in [-0.05, 0) is 44.7 Å². The lowest BCUT2D eigenvalue weighted by Gasteiger charge is -2.12. The van der Waals surface area contributed by atoms with Gasteiger partial charge in [0.15, 0.2) is 5.75 Å². The van der Waals surface area contributed by atoms with E-state index >= 15 is 0 Å². The van der Waals surface area contributed by atoms with Gasteiger partial charge < -0.3 is 10.5 Å². The molecule has 0 heterocycles. The first-order valence-electron chi connectivity index (χ1n) is 6.41. The monoisotopic (exact) mass is 306 g/mol. The molecule has 21 heavy (non-hydrogen) atoms. The minimum absolute atomic E-state index is 0.110. The maximum atomic E-state index is 11.8. The Balaban J connectivity index is 2.42. The molecular weight excluding hydrogens is 288 g/mol. The number of sulfonamides is 1. The highest BCUT2D eigenvalue weighted by Crippen LogP contribution is 2.31. The van der Waals surface area contributed by atoms with Crippen LogP contribution in [0.1, 0.15) is 11.1 Å². The molecule has 2 aromatic rings. The van der Waals surface area contributed by atoms with Gasteiger partial charge in [0.1, 0.15) is 5.75 Å². The molecule has 0 aliphatic heterocycles. The second-order valence-electron chi connectivity index (χ2n) is 4.78. The van der Waals surface area contributed by atoms with Crippen molar-refractivity contribution in [2.45, 2.75) is 18.7 Å². The summed E-state index contributed by atoms with van der Waals surface area (Å²) in [5, 5.41) is 0. The van der Waals surface area contributed by atoms with Gasteiger partial charge in [-0.1, -0.05) is 17.7 Å². The number of nitrogen functional groups attached to an aromatic ring is 1. The summed E-state index contributed by atoms with van der Waals surface area (Å²) in [6.07, 6.45) is 0. The topological polar surface area (TPSA) is 81.4 Å². The number of nitrogens with two attached hydrogens (primary N) is 1. The Morgan fingerprint density at radius 3 is 2.38 bits per heavy atom. The van der Waals surface area contributed by atoms with Crippen LogP contribution in [0.15, 0.2) is 41.3 Å². The second-order valence-corrected chi connectivity index (χ2v) is 6.66. The van der Waals surface area contributed by atoms with Gasteiger partial charge in [-0.3, -0.25) is 0 Å². The van der Waals surface area contributed by atoms with Gasteiger partial charge in [0.05, 0.1) is 10.6 Å². The average Bonchev–Trinajstić information content (AvgIpc) is 2.43. The molecular formula is C15H18N2O3S. The molecule has 112 valence electrons. The van der Waals surface area contributed by atoms with Crippen LogP contribution in [0.2, 0.25) is 0 Å². The van der Waals surface area contributed by atoms with Crippen molar-refractivity contribution in [3.05, 3.63) is 47.5 Å². The number of hydrogen-bond acceptors (Lipinski definition) is 4. The molecule has 0 bridgehead atoms. The predicted octanol–water partition coefficient (Wildman–Crippen LogP) is 2.59. The number of ether oxygens (including phenoxy) is 1. The minimum Gasteiger partial charge on any atom is -0.455 e. The van der Waals surface area contributed by atoms with Crippen LogP contribution in [-0.2, 0) is 10.0 Å². The molecule has 0 fully saturated rings. The van der Waals surface area contributed by atoms with E-state index in [1.165, 1.54) is 25.2 Å². The maximum Gasteiger partial charge on any atom is 0.240 e. The van der Waals surface area contributed by atoms with E-state index in [1.54, 1.807) is 0 Å². The fraction of sp³-hybridized carbons (Fsp3) is 0.200. The fourth-order valence-electron chi connectivity index (χ4n) is 1.92. The number of nitrogens with one attached hydrogen (secondary N) is 1. The SMILES string of the molecule is CNS(=O)(=O)c1ccc(N)c(Oc2ccc(C)cc2C)c1. The summed E-state index contributed by atoms with van der Waals surface area (Å²) in [4.78, 5) is 0.110. The van der Waals surface area contributed by atoms with Crippen LogP contribution < -0.4 is 15.2 Å². The Morgan fingerprint density at radius 1 is 1.05 bits per heavy atom. The molecule has 2 aromatic carbocycles. The molecule has 6 heteroatoms. The molecule has 2 rings (SSSR count). The summed E-state index contributed by atoms with van der Waals surface area (Å²) in [5.41, 5.74) is 8.32. The molecule has 0 amide bonds. The van der Waals surface area contributed by atoms with Crippen molar-refractivity contribution in [3.63, 3.8) is 0 Å². The van der Waals surface area contributed by atoms with Crippen LogP contribution in [0.3, 0.4) is 0 Å². The highest BCUT2D eigenvalue weighted by atomic mass is 32.2.